The van der Waals surface area contributed by atoms with Crippen molar-refractivity contribution in [3.8, 4) is 0 Å². The monoisotopic (exact) mass is 253 g/mol. The van der Waals surface area contributed by atoms with Crippen LogP contribution >= 0.6 is 11.3 Å². The van der Waals surface area contributed by atoms with Crippen molar-refractivity contribution in [2.75, 3.05) is 39.3 Å². The molecule has 4 nitrogen and oxygen atoms in total. The summed E-state index contributed by atoms with van der Waals surface area (Å²) in [5.41, 5.74) is 0. The summed E-state index contributed by atoms with van der Waals surface area (Å²) in [4.78, 5) is 15.2. The predicted molar refractivity (Wildman–Crippen MR) is 70.3 cm³/mol. The van der Waals surface area contributed by atoms with Crippen molar-refractivity contribution in [1.29, 1.82) is 0 Å². The minimum atomic E-state index is 0.142. The van der Waals surface area contributed by atoms with E-state index in [9.17, 15) is 4.79 Å². The first kappa shape index (κ1) is 12.5. The van der Waals surface area contributed by atoms with Crippen molar-refractivity contribution >= 4 is 17.2 Å². The van der Waals surface area contributed by atoms with E-state index < -0.39 is 0 Å². The van der Waals surface area contributed by atoms with Crippen LogP contribution in [-0.4, -0.2) is 50.1 Å². The van der Waals surface area contributed by atoms with Crippen LogP contribution in [0.2, 0.25) is 0 Å². The van der Waals surface area contributed by atoms with Gasteiger partial charge in [-0.25, -0.2) is 0 Å². The minimum absolute atomic E-state index is 0.142. The van der Waals surface area contributed by atoms with E-state index >= 15 is 0 Å². The van der Waals surface area contributed by atoms with Crippen molar-refractivity contribution in [1.82, 2.24) is 15.5 Å². The van der Waals surface area contributed by atoms with Crippen molar-refractivity contribution < 1.29 is 4.79 Å². The Morgan fingerprint density at radius 3 is 3.00 bits per heavy atom. The maximum Gasteiger partial charge on any atom is 0.234 e. The first-order valence-electron chi connectivity index (χ1n) is 6.07. The van der Waals surface area contributed by atoms with E-state index in [1.165, 1.54) is 4.88 Å². The van der Waals surface area contributed by atoms with Gasteiger partial charge in [0.2, 0.25) is 5.91 Å². The number of carbonyl (C=O) groups is 1. The Hall–Kier alpha value is -0.910. The molecule has 1 aromatic rings. The first-order valence-corrected chi connectivity index (χ1v) is 6.95. The van der Waals surface area contributed by atoms with Crippen LogP contribution in [0.15, 0.2) is 17.5 Å². The molecule has 94 valence electrons. The number of carbonyl (C=O) groups excluding carboxylic acids is 1. The van der Waals surface area contributed by atoms with Gasteiger partial charge < -0.3 is 10.6 Å². The Morgan fingerprint density at radius 1 is 1.47 bits per heavy atom. The first-order chi connectivity index (χ1) is 8.34. The Kier molecular flexibility index (Phi) is 4.97. The van der Waals surface area contributed by atoms with E-state index in [0.717, 1.165) is 39.1 Å². The number of rotatable bonds is 5. The standard InChI is InChI=1S/C12H19N3OS/c16-12(10-15-7-5-13-6-8-15)14-4-3-11-2-1-9-17-11/h1-2,9,13H,3-8,10H2,(H,14,16). The molecule has 0 aromatic carbocycles. The normalized spacial score (nSPS) is 16.9. The highest BCUT2D eigenvalue weighted by Gasteiger charge is 2.12. The third-order valence-corrected chi connectivity index (χ3v) is 3.79. The molecule has 0 spiro atoms. The lowest BCUT2D eigenvalue weighted by molar-refractivity contribution is -0.122. The fourth-order valence-corrected chi connectivity index (χ4v) is 2.62. The highest BCUT2D eigenvalue weighted by atomic mass is 32.1. The molecule has 1 aliphatic rings. The van der Waals surface area contributed by atoms with Gasteiger partial charge in [-0.1, -0.05) is 6.07 Å². The van der Waals surface area contributed by atoms with Crippen molar-refractivity contribution in [3.05, 3.63) is 22.4 Å². The summed E-state index contributed by atoms with van der Waals surface area (Å²) in [6.45, 7) is 5.19. The van der Waals surface area contributed by atoms with Crippen LogP contribution in [0.1, 0.15) is 4.88 Å². The van der Waals surface area contributed by atoms with E-state index in [1.807, 2.05) is 6.07 Å². The molecule has 5 heteroatoms. The average molecular weight is 253 g/mol. The van der Waals surface area contributed by atoms with Crippen LogP contribution in [0.25, 0.3) is 0 Å². The largest absolute Gasteiger partial charge is 0.355 e. The van der Waals surface area contributed by atoms with Crippen LogP contribution in [0, 0.1) is 0 Å². The lowest BCUT2D eigenvalue weighted by Gasteiger charge is -2.26. The Morgan fingerprint density at radius 2 is 2.29 bits per heavy atom. The number of thiophene rings is 1. The minimum Gasteiger partial charge on any atom is -0.355 e. The molecule has 1 saturated heterocycles. The number of nitrogens with zero attached hydrogens (tertiary/aromatic N) is 1. The molecule has 0 radical (unpaired) electrons. The maximum atomic E-state index is 11.7. The summed E-state index contributed by atoms with van der Waals surface area (Å²) >= 11 is 1.74. The molecule has 1 aliphatic heterocycles. The second-order valence-electron chi connectivity index (χ2n) is 4.21. The summed E-state index contributed by atoms with van der Waals surface area (Å²) in [5, 5.41) is 8.32. The summed E-state index contributed by atoms with van der Waals surface area (Å²) in [6, 6.07) is 4.15. The molecule has 0 aliphatic carbocycles. The van der Waals surface area contributed by atoms with E-state index in [0.29, 0.717) is 6.54 Å². The topological polar surface area (TPSA) is 44.4 Å². The van der Waals surface area contributed by atoms with E-state index in [1.54, 1.807) is 11.3 Å². The zero-order valence-electron chi connectivity index (χ0n) is 9.95. The summed E-state index contributed by atoms with van der Waals surface area (Å²) in [5.74, 6) is 0.142. The van der Waals surface area contributed by atoms with Gasteiger partial charge in [0, 0.05) is 37.6 Å². The Labute approximate surface area is 106 Å². The zero-order valence-corrected chi connectivity index (χ0v) is 10.8. The van der Waals surface area contributed by atoms with Gasteiger partial charge in [0.25, 0.3) is 0 Å². The molecule has 2 heterocycles. The highest BCUT2D eigenvalue weighted by molar-refractivity contribution is 7.09. The zero-order chi connectivity index (χ0) is 11.9. The molecular formula is C12H19N3OS. The van der Waals surface area contributed by atoms with Crippen LogP contribution < -0.4 is 10.6 Å². The van der Waals surface area contributed by atoms with Crippen LogP contribution in [-0.2, 0) is 11.2 Å². The highest BCUT2D eigenvalue weighted by Crippen LogP contribution is 2.07. The molecular weight excluding hydrogens is 234 g/mol. The summed E-state index contributed by atoms with van der Waals surface area (Å²) < 4.78 is 0. The van der Waals surface area contributed by atoms with Crippen LogP contribution in [0.5, 0.6) is 0 Å². The lowest BCUT2D eigenvalue weighted by atomic mass is 10.3. The number of hydrogen-bond acceptors (Lipinski definition) is 4. The Bertz CT molecular complexity index is 334. The van der Waals surface area contributed by atoms with Gasteiger partial charge in [-0.15, -0.1) is 11.3 Å². The average Bonchev–Trinajstić information content (AvgIpc) is 2.83. The second-order valence-corrected chi connectivity index (χ2v) is 5.24. The molecule has 1 amide bonds. The van der Waals surface area contributed by atoms with Gasteiger partial charge in [-0.2, -0.15) is 0 Å². The van der Waals surface area contributed by atoms with Crippen molar-refractivity contribution in [3.63, 3.8) is 0 Å². The number of nitrogens with one attached hydrogen (secondary N) is 2. The fraction of sp³-hybridized carbons (Fsp3) is 0.583. The van der Waals surface area contributed by atoms with Gasteiger partial charge >= 0.3 is 0 Å². The van der Waals surface area contributed by atoms with Gasteiger partial charge in [0.1, 0.15) is 0 Å². The van der Waals surface area contributed by atoms with E-state index in [4.69, 9.17) is 0 Å². The van der Waals surface area contributed by atoms with Gasteiger partial charge in [0.15, 0.2) is 0 Å². The van der Waals surface area contributed by atoms with Crippen LogP contribution in [0.3, 0.4) is 0 Å². The van der Waals surface area contributed by atoms with Crippen molar-refractivity contribution in [2.24, 2.45) is 0 Å². The third-order valence-electron chi connectivity index (χ3n) is 2.85. The van der Waals surface area contributed by atoms with Crippen molar-refractivity contribution in [2.45, 2.75) is 6.42 Å². The van der Waals surface area contributed by atoms with Gasteiger partial charge in [-0.05, 0) is 17.9 Å². The molecule has 0 bridgehead atoms. The maximum absolute atomic E-state index is 11.7. The molecule has 1 aromatic heterocycles. The third kappa shape index (κ3) is 4.46. The molecule has 17 heavy (non-hydrogen) atoms. The molecule has 0 saturated carbocycles. The van der Waals surface area contributed by atoms with E-state index in [2.05, 4.69) is 27.0 Å². The molecule has 2 N–H and O–H groups in total. The molecule has 0 atom stereocenters. The van der Waals surface area contributed by atoms with Gasteiger partial charge in [-0.3, -0.25) is 9.69 Å². The molecule has 0 unspecified atom stereocenters. The summed E-state index contributed by atoms with van der Waals surface area (Å²) in [7, 11) is 0. The Balaban J connectivity index is 1.60. The number of piperazine rings is 1. The van der Waals surface area contributed by atoms with Crippen LogP contribution in [0.4, 0.5) is 0 Å². The predicted octanol–water partition coefficient (Wildman–Crippen LogP) is 0.312. The van der Waals surface area contributed by atoms with E-state index in [-0.39, 0.29) is 5.91 Å². The quantitative estimate of drug-likeness (QED) is 0.794. The molecule has 2 rings (SSSR count). The summed E-state index contributed by atoms with van der Waals surface area (Å²) in [6.07, 6.45) is 0.935. The number of amides is 1. The lowest BCUT2D eigenvalue weighted by Crippen LogP contribution is -2.47. The number of hydrogen-bond donors (Lipinski definition) is 2. The fourth-order valence-electron chi connectivity index (χ4n) is 1.91. The SMILES string of the molecule is O=C(CN1CCNCC1)NCCc1cccs1. The second kappa shape index (κ2) is 6.74. The molecule has 1 fully saturated rings. The smallest absolute Gasteiger partial charge is 0.234 e. The van der Waals surface area contributed by atoms with Gasteiger partial charge in [0.05, 0.1) is 6.54 Å².